The molecule has 5 heteroatoms. The van der Waals surface area contributed by atoms with Crippen LogP contribution in [0.5, 0.6) is 0 Å². The van der Waals surface area contributed by atoms with Crippen LogP contribution in [0.3, 0.4) is 0 Å². The van der Waals surface area contributed by atoms with Crippen LogP contribution in [0.2, 0.25) is 0 Å². The Bertz CT molecular complexity index is 1030. The molecule has 0 spiro atoms. The fourth-order valence-electron chi connectivity index (χ4n) is 3.39. The smallest absolute Gasteiger partial charge is 0.289 e. The fraction of sp³-hybridized carbons (Fsp3) is 0.348. The predicted molar refractivity (Wildman–Crippen MR) is 114 cm³/mol. The Balaban J connectivity index is 2.18. The van der Waals surface area contributed by atoms with Crippen molar-refractivity contribution < 1.29 is 4.79 Å². The van der Waals surface area contributed by atoms with Crippen molar-refractivity contribution in [2.45, 2.75) is 34.6 Å². The van der Waals surface area contributed by atoms with Crippen LogP contribution in [0.15, 0.2) is 63.4 Å². The van der Waals surface area contributed by atoms with Crippen LogP contribution in [0, 0.1) is 18.8 Å². The molecule has 28 heavy (non-hydrogen) atoms. The number of hydrogen-bond donors (Lipinski definition) is 0. The minimum Gasteiger partial charge on any atom is -0.289 e. The molecule has 1 aromatic heterocycles. The van der Waals surface area contributed by atoms with Crippen molar-refractivity contribution in [3.8, 4) is 5.69 Å². The van der Waals surface area contributed by atoms with Gasteiger partial charge in [0.1, 0.15) is 0 Å². The highest BCUT2D eigenvalue weighted by Crippen LogP contribution is 2.26. The monoisotopic (exact) mass is 377 g/mol. The molecule has 1 aliphatic carbocycles. The van der Waals surface area contributed by atoms with Gasteiger partial charge in [-0.25, -0.2) is 9.67 Å². The summed E-state index contributed by atoms with van der Waals surface area (Å²) in [5, 5.41) is 0. The number of hydrogen-bond acceptors (Lipinski definition) is 3. The first-order valence-corrected chi connectivity index (χ1v) is 9.63. The Morgan fingerprint density at radius 2 is 1.43 bits per heavy atom. The molecule has 0 saturated heterocycles. The van der Waals surface area contributed by atoms with Gasteiger partial charge in [0.2, 0.25) is 0 Å². The minimum atomic E-state index is -0.172. The van der Waals surface area contributed by atoms with Gasteiger partial charge < -0.3 is 0 Å². The van der Waals surface area contributed by atoms with Gasteiger partial charge in [0.05, 0.1) is 17.1 Å². The SMILES string of the molecule is Cc1c(N=C2C=C(C(C)C)C(=O)C(C(C)C)=C2)c(=O)n(-c2ccccc2)n1C. The second-order valence-corrected chi connectivity index (χ2v) is 7.78. The zero-order valence-electron chi connectivity index (χ0n) is 17.4. The molecule has 0 amide bonds. The summed E-state index contributed by atoms with van der Waals surface area (Å²) in [5.74, 6) is 0.270. The van der Waals surface area contributed by atoms with Gasteiger partial charge in [-0.2, -0.15) is 0 Å². The molecular weight excluding hydrogens is 350 g/mol. The van der Waals surface area contributed by atoms with Crippen LogP contribution in [-0.4, -0.2) is 20.9 Å². The summed E-state index contributed by atoms with van der Waals surface area (Å²) in [5.41, 5.74) is 3.92. The number of rotatable bonds is 4. The van der Waals surface area contributed by atoms with Crippen LogP contribution < -0.4 is 5.56 Å². The van der Waals surface area contributed by atoms with E-state index in [1.54, 1.807) is 4.68 Å². The maximum absolute atomic E-state index is 13.1. The number of carbonyl (C=O) groups excluding carboxylic acids is 1. The summed E-state index contributed by atoms with van der Waals surface area (Å²) in [4.78, 5) is 30.5. The third-order valence-corrected chi connectivity index (χ3v) is 5.14. The van der Waals surface area contributed by atoms with Crippen molar-refractivity contribution in [1.29, 1.82) is 0 Å². The van der Waals surface area contributed by atoms with Crippen molar-refractivity contribution in [2.75, 3.05) is 0 Å². The Hall–Kier alpha value is -2.95. The van der Waals surface area contributed by atoms with Gasteiger partial charge in [0, 0.05) is 18.2 Å². The van der Waals surface area contributed by atoms with Crippen LogP contribution >= 0.6 is 0 Å². The molecule has 0 radical (unpaired) electrons. The van der Waals surface area contributed by atoms with E-state index in [4.69, 9.17) is 0 Å². The first kappa shape index (κ1) is 19.8. The van der Waals surface area contributed by atoms with E-state index < -0.39 is 0 Å². The molecule has 1 heterocycles. The fourth-order valence-corrected chi connectivity index (χ4v) is 3.39. The number of Topliss-reactive ketones (excluding diaryl/α,β-unsaturated/α-hetero) is 1. The first-order chi connectivity index (χ1) is 13.2. The van der Waals surface area contributed by atoms with Gasteiger partial charge in [0.15, 0.2) is 11.5 Å². The lowest BCUT2D eigenvalue weighted by molar-refractivity contribution is -0.113. The number of carbonyl (C=O) groups is 1. The molecule has 3 rings (SSSR count). The molecule has 0 aliphatic heterocycles. The van der Waals surface area contributed by atoms with Gasteiger partial charge in [-0.1, -0.05) is 45.9 Å². The van der Waals surface area contributed by atoms with Gasteiger partial charge in [-0.3, -0.25) is 14.3 Å². The summed E-state index contributed by atoms with van der Waals surface area (Å²) in [6, 6.07) is 9.51. The lowest BCUT2D eigenvalue weighted by atomic mass is 9.84. The number of benzene rings is 1. The normalized spacial score (nSPS) is 14.6. The quantitative estimate of drug-likeness (QED) is 0.746. The Morgan fingerprint density at radius 3 is 1.93 bits per heavy atom. The van der Waals surface area contributed by atoms with E-state index in [0.717, 1.165) is 22.5 Å². The highest BCUT2D eigenvalue weighted by molar-refractivity contribution is 6.22. The zero-order chi connectivity index (χ0) is 20.6. The molecule has 0 fully saturated rings. The van der Waals surface area contributed by atoms with E-state index in [1.807, 2.05) is 88.8 Å². The molecule has 1 aromatic carbocycles. The molecule has 2 aromatic rings. The Kier molecular flexibility index (Phi) is 5.36. The van der Waals surface area contributed by atoms with E-state index in [2.05, 4.69) is 4.99 Å². The van der Waals surface area contributed by atoms with Crippen LogP contribution in [-0.2, 0) is 11.8 Å². The highest BCUT2D eigenvalue weighted by atomic mass is 16.1. The summed E-state index contributed by atoms with van der Waals surface area (Å²) in [6.45, 7) is 9.89. The number of aromatic nitrogens is 2. The molecule has 0 unspecified atom stereocenters. The van der Waals surface area contributed by atoms with Crippen LogP contribution in [0.25, 0.3) is 5.69 Å². The van der Waals surface area contributed by atoms with Gasteiger partial charge in [0.25, 0.3) is 5.56 Å². The third kappa shape index (κ3) is 3.44. The number of aliphatic imine (C=N–C) groups is 1. The Morgan fingerprint density at radius 1 is 0.893 bits per heavy atom. The van der Waals surface area contributed by atoms with Gasteiger partial charge >= 0.3 is 0 Å². The number of para-hydroxylation sites is 1. The minimum absolute atomic E-state index is 0.0791. The predicted octanol–water partition coefficient (Wildman–Crippen LogP) is 4.30. The summed E-state index contributed by atoms with van der Waals surface area (Å²) >= 11 is 0. The van der Waals surface area contributed by atoms with E-state index in [9.17, 15) is 9.59 Å². The maximum Gasteiger partial charge on any atom is 0.297 e. The zero-order valence-corrected chi connectivity index (χ0v) is 17.4. The van der Waals surface area contributed by atoms with Crippen molar-refractivity contribution in [2.24, 2.45) is 23.9 Å². The molecule has 0 saturated carbocycles. The molecule has 0 atom stereocenters. The summed E-state index contributed by atoms with van der Waals surface area (Å²) in [6.07, 6.45) is 3.63. The second-order valence-electron chi connectivity index (χ2n) is 7.78. The average molecular weight is 377 g/mol. The van der Waals surface area contributed by atoms with E-state index >= 15 is 0 Å². The summed E-state index contributed by atoms with van der Waals surface area (Å²) < 4.78 is 3.42. The molecule has 0 bridgehead atoms. The van der Waals surface area contributed by atoms with Gasteiger partial charge in [-0.05, 0) is 43.0 Å². The molecular formula is C23H27N3O2. The molecule has 1 aliphatic rings. The largest absolute Gasteiger partial charge is 0.297 e. The molecule has 146 valence electrons. The standard InChI is InChI=1S/C23H27N3O2/c1-14(2)19-12-17(13-20(15(3)4)22(19)27)24-21-16(5)25(6)26(23(21)28)18-10-8-7-9-11-18/h7-15H,1-6H3. The number of allylic oxidation sites excluding steroid dienone is 4. The topological polar surface area (TPSA) is 56.4 Å². The van der Waals surface area contributed by atoms with Gasteiger partial charge in [-0.15, -0.1) is 0 Å². The van der Waals surface area contributed by atoms with E-state index in [1.165, 1.54) is 0 Å². The van der Waals surface area contributed by atoms with Crippen molar-refractivity contribution >= 4 is 17.2 Å². The summed E-state index contributed by atoms with van der Waals surface area (Å²) in [7, 11) is 1.85. The van der Waals surface area contributed by atoms with Crippen molar-refractivity contribution in [3.05, 3.63) is 69.7 Å². The average Bonchev–Trinajstić information content (AvgIpc) is 2.86. The van der Waals surface area contributed by atoms with E-state index in [-0.39, 0.29) is 23.2 Å². The maximum atomic E-state index is 13.1. The molecule has 5 nitrogen and oxygen atoms in total. The lowest BCUT2D eigenvalue weighted by Crippen LogP contribution is -2.21. The first-order valence-electron chi connectivity index (χ1n) is 9.63. The third-order valence-electron chi connectivity index (χ3n) is 5.14. The van der Waals surface area contributed by atoms with Crippen LogP contribution in [0.4, 0.5) is 5.69 Å². The van der Waals surface area contributed by atoms with Crippen molar-refractivity contribution in [1.82, 2.24) is 9.36 Å². The number of nitrogens with zero attached hydrogens (tertiary/aromatic N) is 3. The highest BCUT2D eigenvalue weighted by Gasteiger charge is 2.25. The van der Waals surface area contributed by atoms with E-state index in [0.29, 0.717) is 11.4 Å². The molecule has 0 N–H and O–H groups in total. The lowest BCUT2D eigenvalue weighted by Gasteiger charge is -2.20. The number of ketones is 1. The van der Waals surface area contributed by atoms with Crippen molar-refractivity contribution in [3.63, 3.8) is 0 Å². The Labute approximate surface area is 165 Å². The second kappa shape index (κ2) is 7.58. The van der Waals surface area contributed by atoms with Crippen LogP contribution in [0.1, 0.15) is 33.4 Å².